The molecule has 0 aromatic carbocycles. The first-order chi connectivity index (χ1) is 35.0. The Hall–Kier alpha value is -2.11. The fraction of sp³-hybridized carbons (Fsp3) is 0.892. The fourth-order valence-electron chi connectivity index (χ4n) is 9.61. The molecule has 0 unspecified atom stereocenters. The maximum Gasteiger partial charge on any atom is 0.306 e. The molecule has 0 aliphatic heterocycles. The van der Waals surface area contributed by atoms with Gasteiger partial charge in [0, 0.05) is 19.3 Å². The SMILES string of the molecule is CCCCCCCC/C=C\CCCCCCCCCCCC(=O)OC[C@H](COC(=O)CCCCCCCCCCCCCCCCC)OC(=O)CCCCCCCCCCC/C=C\CCCCCCCC. The highest BCUT2D eigenvalue weighted by atomic mass is 16.6. The summed E-state index contributed by atoms with van der Waals surface area (Å²) in [5.74, 6) is -0.845. The monoisotopic (exact) mass is 999 g/mol. The van der Waals surface area contributed by atoms with Crippen LogP contribution in [-0.4, -0.2) is 37.2 Å². The molecule has 6 heteroatoms. The number of ether oxygens (including phenoxy) is 3. The molecule has 6 nitrogen and oxygen atoms in total. The summed E-state index contributed by atoms with van der Waals surface area (Å²) >= 11 is 0. The van der Waals surface area contributed by atoms with Crippen LogP contribution >= 0.6 is 0 Å². The van der Waals surface area contributed by atoms with Gasteiger partial charge in [0.05, 0.1) is 0 Å². The molecule has 0 spiro atoms. The third-order valence-electron chi connectivity index (χ3n) is 14.4. The first-order valence-electron chi connectivity index (χ1n) is 31.8. The van der Waals surface area contributed by atoms with Gasteiger partial charge in [0.1, 0.15) is 13.2 Å². The van der Waals surface area contributed by atoms with Crippen LogP contribution in [0.15, 0.2) is 24.3 Å². The average Bonchev–Trinajstić information content (AvgIpc) is 3.37. The van der Waals surface area contributed by atoms with Crippen molar-refractivity contribution in [3.05, 3.63) is 24.3 Å². The molecule has 0 rings (SSSR count). The molecule has 0 saturated carbocycles. The van der Waals surface area contributed by atoms with E-state index in [0.717, 1.165) is 57.8 Å². The van der Waals surface area contributed by atoms with Gasteiger partial charge in [-0.1, -0.05) is 289 Å². The van der Waals surface area contributed by atoms with Crippen LogP contribution in [0.25, 0.3) is 0 Å². The highest BCUT2D eigenvalue weighted by molar-refractivity contribution is 5.71. The number of hydrogen-bond acceptors (Lipinski definition) is 6. The normalized spacial score (nSPS) is 12.1. The lowest BCUT2D eigenvalue weighted by Gasteiger charge is -2.18. The van der Waals surface area contributed by atoms with Gasteiger partial charge in [0.15, 0.2) is 6.10 Å². The van der Waals surface area contributed by atoms with Gasteiger partial charge in [-0.25, -0.2) is 0 Å². The van der Waals surface area contributed by atoms with Crippen molar-refractivity contribution in [1.82, 2.24) is 0 Å². The van der Waals surface area contributed by atoms with E-state index < -0.39 is 6.10 Å². The van der Waals surface area contributed by atoms with Crippen LogP contribution in [0, 0.1) is 0 Å². The van der Waals surface area contributed by atoms with Crippen LogP contribution < -0.4 is 0 Å². The molecule has 0 amide bonds. The van der Waals surface area contributed by atoms with Crippen molar-refractivity contribution >= 4 is 17.9 Å². The van der Waals surface area contributed by atoms with Crippen LogP contribution in [0.5, 0.6) is 0 Å². The summed E-state index contributed by atoms with van der Waals surface area (Å²) in [6, 6.07) is 0. The predicted octanol–water partition coefficient (Wildman–Crippen LogP) is 21.4. The summed E-state index contributed by atoms with van der Waals surface area (Å²) in [5.41, 5.74) is 0. The predicted molar refractivity (Wildman–Crippen MR) is 307 cm³/mol. The second-order valence-electron chi connectivity index (χ2n) is 21.7. The van der Waals surface area contributed by atoms with E-state index in [0.29, 0.717) is 19.3 Å². The van der Waals surface area contributed by atoms with Gasteiger partial charge >= 0.3 is 17.9 Å². The van der Waals surface area contributed by atoms with Crippen molar-refractivity contribution in [3.63, 3.8) is 0 Å². The Bertz CT molecular complexity index is 1150. The lowest BCUT2D eigenvalue weighted by atomic mass is 10.0. The van der Waals surface area contributed by atoms with E-state index in [1.54, 1.807) is 0 Å². The van der Waals surface area contributed by atoms with Gasteiger partial charge in [-0.15, -0.1) is 0 Å². The van der Waals surface area contributed by atoms with E-state index in [1.165, 1.54) is 257 Å². The minimum atomic E-state index is -0.770. The van der Waals surface area contributed by atoms with Gasteiger partial charge < -0.3 is 14.2 Å². The van der Waals surface area contributed by atoms with Crippen LogP contribution in [0.1, 0.15) is 355 Å². The van der Waals surface area contributed by atoms with Crippen molar-refractivity contribution in [2.45, 2.75) is 361 Å². The van der Waals surface area contributed by atoms with E-state index in [2.05, 4.69) is 45.1 Å². The van der Waals surface area contributed by atoms with Crippen molar-refractivity contribution in [2.75, 3.05) is 13.2 Å². The summed E-state index contributed by atoms with van der Waals surface area (Å²) in [7, 11) is 0. The van der Waals surface area contributed by atoms with E-state index in [-0.39, 0.29) is 31.1 Å². The lowest BCUT2D eigenvalue weighted by Crippen LogP contribution is -2.30. The molecule has 1 atom stereocenters. The molecule has 418 valence electrons. The summed E-state index contributed by atoms with van der Waals surface area (Å²) in [6.07, 6.45) is 71.7. The number of hydrogen-bond donors (Lipinski definition) is 0. The molecule has 0 aliphatic rings. The molecule has 0 aliphatic carbocycles. The number of esters is 3. The molecule has 0 radical (unpaired) electrons. The largest absolute Gasteiger partial charge is 0.462 e. The van der Waals surface area contributed by atoms with Crippen LogP contribution in [0.2, 0.25) is 0 Å². The number of carbonyl (C=O) groups excluding carboxylic acids is 3. The summed E-state index contributed by atoms with van der Waals surface area (Å²) in [6.45, 7) is 6.69. The minimum Gasteiger partial charge on any atom is -0.462 e. The van der Waals surface area contributed by atoms with Crippen LogP contribution in [0.3, 0.4) is 0 Å². The molecule has 0 aromatic heterocycles. The molecule has 71 heavy (non-hydrogen) atoms. The average molecular weight is 1000 g/mol. The van der Waals surface area contributed by atoms with Gasteiger partial charge in [0.2, 0.25) is 0 Å². The Morgan fingerprint density at radius 3 is 0.704 bits per heavy atom. The van der Waals surface area contributed by atoms with Gasteiger partial charge in [-0.05, 0) is 70.6 Å². The number of unbranched alkanes of at least 4 members (excludes halogenated alkanes) is 44. The number of allylic oxidation sites excluding steroid dienone is 4. The standard InChI is InChI=1S/C65H122O6/c1-4-7-10-13-16-19-22-25-28-30-32-34-37-40-43-46-49-52-55-58-64(67)70-61-62(60-69-63(66)57-54-51-48-45-42-39-36-27-24-21-18-15-12-9-6-3)71-65(68)59-56-53-50-47-44-41-38-35-33-31-29-26-23-20-17-14-11-8-5-2/h25-26,28-29,62H,4-24,27,30-61H2,1-3H3/b28-25-,29-26-/t62-/m0/s1. The van der Waals surface area contributed by atoms with Crippen LogP contribution in [-0.2, 0) is 28.6 Å². The molecule has 0 fully saturated rings. The Balaban J connectivity index is 4.32. The topological polar surface area (TPSA) is 78.9 Å². The Kier molecular flexibility index (Phi) is 58.6. The third kappa shape index (κ3) is 58.7. The third-order valence-corrected chi connectivity index (χ3v) is 14.4. The number of rotatable bonds is 59. The van der Waals surface area contributed by atoms with E-state index in [9.17, 15) is 14.4 Å². The summed E-state index contributed by atoms with van der Waals surface area (Å²) in [5, 5.41) is 0. The van der Waals surface area contributed by atoms with Gasteiger partial charge in [0.25, 0.3) is 0 Å². The zero-order valence-corrected chi connectivity index (χ0v) is 48.0. The van der Waals surface area contributed by atoms with E-state index in [4.69, 9.17) is 14.2 Å². The number of carbonyl (C=O) groups is 3. The quantitative estimate of drug-likeness (QED) is 0.0261. The highest BCUT2D eigenvalue weighted by Gasteiger charge is 2.19. The molecule has 0 aromatic rings. The maximum atomic E-state index is 12.9. The maximum absolute atomic E-state index is 12.9. The van der Waals surface area contributed by atoms with Crippen molar-refractivity contribution in [1.29, 1.82) is 0 Å². The second-order valence-corrected chi connectivity index (χ2v) is 21.7. The Morgan fingerprint density at radius 2 is 0.465 bits per heavy atom. The first kappa shape index (κ1) is 68.9. The lowest BCUT2D eigenvalue weighted by molar-refractivity contribution is -0.167. The summed E-state index contributed by atoms with van der Waals surface area (Å²) < 4.78 is 16.9. The highest BCUT2D eigenvalue weighted by Crippen LogP contribution is 2.17. The zero-order valence-electron chi connectivity index (χ0n) is 48.0. The van der Waals surface area contributed by atoms with Gasteiger partial charge in [-0.2, -0.15) is 0 Å². The minimum absolute atomic E-state index is 0.0674. The van der Waals surface area contributed by atoms with Crippen molar-refractivity contribution in [2.24, 2.45) is 0 Å². The molecule has 0 N–H and O–H groups in total. The molecule has 0 bridgehead atoms. The Morgan fingerprint density at radius 1 is 0.268 bits per heavy atom. The molecule has 0 heterocycles. The van der Waals surface area contributed by atoms with Crippen LogP contribution in [0.4, 0.5) is 0 Å². The summed E-state index contributed by atoms with van der Waals surface area (Å²) in [4.78, 5) is 38.3. The van der Waals surface area contributed by atoms with Crippen molar-refractivity contribution < 1.29 is 28.6 Å². The zero-order chi connectivity index (χ0) is 51.4. The van der Waals surface area contributed by atoms with Crippen molar-refractivity contribution in [3.8, 4) is 0 Å². The molecular formula is C65H122O6. The molecule has 0 saturated heterocycles. The fourth-order valence-corrected chi connectivity index (χ4v) is 9.61. The van der Waals surface area contributed by atoms with E-state index >= 15 is 0 Å². The van der Waals surface area contributed by atoms with Gasteiger partial charge in [-0.3, -0.25) is 14.4 Å². The Labute approximate surface area is 443 Å². The first-order valence-corrected chi connectivity index (χ1v) is 31.8. The van der Waals surface area contributed by atoms with E-state index in [1.807, 2.05) is 0 Å². The smallest absolute Gasteiger partial charge is 0.306 e. The second kappa shape index (κ2) is 60.4. The molecular weight excluding hydrogens is 877 g/mol.